The monoisotopic (exact) mass is 364 g/mol. The predicted molar refractivity (Wildman–Crippen MR) is 95.8 cm³/mol. The van der Waals surface area contributed by atoms with Gasteiger partial charge in [-0.25, -0.2) is 0 Å². The van der Waals surface area contributed by atoms with Gasteiger partial charge in [-0.15, -0.1) is 0 Å². The fourth-order valence-electron chi connectivity index (χ4n) is 4.60. The Bertz CT molecular complexity index is 652. The molecule has 136 valence electrons. The summed E-state index contributed by atoms with van der Waals surface area (Å²) in [4.78, 5) is 12.6. The van der Waals surface area contributed by atoms with Crippen molar-refractivity contribution in [3.8, 4) is 11.5 Å². The molecule has 1 aromatic carbocycles. The van der Waals surface area contributed by atoms with Crippen LogP contribution < -0.4 is 20.5 Å². The smallest absolute Gasteiger partial charge is 0.223 e. The van der Waals surface area contributed by atoms with Gasteiger partial charge in [0.1, 0.15) is 13.2 Å². The molecule has 0 spiro atoms. The maximum Gasteiger partial charge on any atom is 0.223 e. The largest absolute Gasteiger partial charge is 0.486 e. The summed E-state index contributed by atoms with van der Waals surface area (Å²) >= 11 is 6.26. The van der Waals surface area contributed by atoms with Crippen molar-refractivity contribution >= 4 is 17.5 Å². The van der Waals surface area contributed by atoms with E-state index in [4.69, 9.17) is 26.8 Å². The Morgan fingerprint density at radius 2 is 1.92 bits per heavy atom. The van der Waals surface area contributed by atoms with E-state index in [2.05, 4.69) is 5.32 Å². The Balaban J connectivity index is 1.38. The average molecular weight is 365 g/mol. The van der Waals surface area contributed by atoms with Crippen LogP contribution in [0.3, 0.4) is 0 Å². The number of fused-ring (bicyclic) bond motifs is 3. The first kappa shape index (κ1) is 17.0. The van der Waals surface area contributed by atoms with Crippen LogP contribution in [0.25, 0.3) is 0 Å². The quantitative estimate of drug-likeness (QED) is 0.864. The van der Waals surface area contributed by atoms with E-state index >= 15 is 0 Å². The molecule has 3 N–H and O–H groups in total. The molecule has 2 fully saturated rings. The van der Waals surface area contributed by atoms with Gasteiger partial charge in [-0.2, -0.15) is 0 Å². The number of halogens is 1. The van der Waals surface area contributed by atoms with Crippen LogP contribution in [0.4, 0.5) is 0 Å². The van der Waals surface area contributed by atoms with Crippen LogP contribution in [0, 0.1) is 17.8 Å². The summed E-state index contributed by atoms with van der Waals surface area (Å²) in [5, 5.41) is 3.60. The maximum absolute atomic E-state index is 12.6. The molecule has 5 nitrogen and oxygen atoms in total. The molecule has 4 rings (SSSR count). The fraction of sp³-hybridized carbons (Fsp3) is 0.632. The lowest BCUT2D eigenvalue weighted by Gasteiger charge is -2.43. The van der Waals surface area contributed by atoms with E-state index in [1.54, 1.807) is 0 Å². The summed E-state index contributed by atoms with van der Waals surface area (Å²) in [7, 11) is 0. The second-order valence-corrected chi connectivity index (χ2v) is 7.92. The van der Waals surface area contributed by atoms with Gasteiger partial charge in [0.05, 0.1) is 5.02 Å². The number of hydrogen-bond acceptors (Lipinski definition) is 4. The summed E-state index contributed by atoms with van der Waals surface area (Å²) in [6, 6.07) is 4.02. The van der Waals surface area contributed by atoms with Crippen molar-refractivity contribution in [1.29, 1.82) is 0 Å². The number of ether oxygens (including phenoxy) is 2. The van der Waals surface area contributed by atoms with E-state index in [9.17, 15) is 4.79 Å². The van der Waals surface area contributed by atoms with Crippen LogP contribution in [-0.2, 0) is 11.3 Å². The highest BCUT2D eigenvalue weighted by Gasteiger charge is 2.40. The van der Waals surface area contributed by atoms with Gasteiger partial charge in [0.25, 0.3) is 0 Å². The molecule has 0 radical (unpaired) electrons. The molecule has 1 aromatic rings. The predicted octanol–water partition coefficient (Wildman–Crippen LogP) is 2.88. The minimum Gasteiger partial charge on any atom is -0.486 e. The van der Waals surface area contributed by atoms with Crippen molar-refractivity contribution < 1.29 is 14.3 Å². The van der Waals surface area contributed by atoms with Gasteiger partial charge in [0.2, 0.25) is 5.91 Å². The number of nitrogens with two attached hydrogens (primary N) is 1. The summed E-state index contributed by atoms with van der Waals surface area (Å²) in [5.41, 5.74) is 7.25. The molecule has 2 bridgehead atoms. The first-order chi connectivity index (χ1) is 12.1. The number of amides is 1. The highest BCUT2D eigenvalue weighted by Crippen LogP contribution is 2.42. The summed E-state index contributed by atoms with van der Waals surface area (Å²) in [6.45, 7) is 1.48. The number of nitrogens with one attached hydrogen (secondary N) is 1. The first-order valence-electron chi connectivity index (χ1n) is 9.23. The third-order valence-electron chi connectivity index (χ3n) is 5.91. The molecule has 1 amide bonds. The lowest BCUT2D eigenvalue weighted by Crippen LogP contribution is -2.49. The zero-order valence-corrected chi connectivity index (χ0v) is 15.1. The van der Waals surface area contributed by atoms with Gasteiger partial charge < -0.3 is 20.5 Å². The molecule has 2 atom stereocenters. The molecule has 2 unspecified atom stereocenters. The fourth-order valence-corrected chi connectivity index (χ4v) is 4.89. The van der Waals surface area contributed by atoms with Crippen LogP contribution >= 0.6 is 11.6 Å². The topological polar surface area (TPSA) is 73.6 Å². The Morgan fingerprint density at radius 1 is 1.20 bits per heavy atom. The zero-order chi connectivity index (χ0) is 17.4. The SMILES string of the molecule is NC1C2CCCC1CC(C(=O)NCc1cc(Cl)c3c(c1)OCCO3)C2. The maximum atomic E-state index is 12.6. The Kier molecular flexibility index (Phi) is 4.78. The Labute approximate surface area is 153 Å². The molecule has 1 aliphatic heterocycles. The molecule has 0 saturated heterocycles. The molecule has 0 aromatic heterocycles. The van der Waals surface area contributed by atoms with Gasteiger partial charge >= 0.3 is 0 Å². The van der Waals surface area contributed by atoms with Crippen LogP contribution in [-0.4, -0.2) is 25.2 Å². The highest BCUT2D eigenvalue weighted by molar-refractivity contribution is 6.32. The number of benzene rings is 1. The molecule has 25 heavy (non-hydrogen) atoms. The summed E-state index contributed by atoms with van der Waals surface area (Å²) in [6.07, 6.45) is 5.43. The minimum atomic E-state index is 0.0859. The van der Waals surface area contributed by atoms with Gasteiger partial charge in [-0.05, 0) is 55.2 Å². The lowest BCUT2D eigenvalue weighted by atomic mass is 9.65. The number of hydrogen-bond donors (Lipinski definition) is 2. The number of carbonyl (C=O) groups is 1. The van der Waals surface area contributed by atoms with E-state index in [1.165, 1.54) is 19.3 Å². The van der Waals surface area contributed by atoms with Gasteiger partial charge in [0.15, 0.2) is 11.5 Å². The third kappa shape index (κ3) is 3.44. The summed E-state index contributed by atoms with van der Waals surface area (Å²) < 4.78 is 11.1. The van der Waals surface area contributed by atoms with Gasteiger partial charge in [-0.1, -0.05) is 18.0 Å². The molecular formula is C19H25ClN2O3. The first-order valence-corrected chi connectivity index (χ1v) is 9.61. The second-order valence-electron chi connectivity index (χ2n) is 7.52. The van der Waals surface area contributed by atoms with E-state index < -0.39 is 0 Å². The molecular weight excluding hydrogens is 340 g/mol. The van der Waals surface area contributed by atoms with Crippen molar-refractivity contribution in [2.24, 2.45) is 23.5 Å². The minimum absolute atomic E-state index is 0.0859. The van der Waals surface area contributed by atoms with Crippen LogP contribution in [0.1, 0.15) is 37.7 Å². The lowest BCUT2D eigenvalue weighted by molar-refractivity contribution is -0.128. The van der Waals surface area contributed by atoms with Crippen LogP contribution in [0.5, 0.6) is 11.5 Å². The molecule has 2 saturated carbocycles. The average Bonchev–Trinajstić information content (AvgIpc) is 2.59. The standard InChI is InChI=1S/C19H25ClN2O3/c20-15-6-11(7-16-18(15)25-5-4-24-16)10-22-19(23)14-8-12-2-1-3-13(9-14)17(12)21/h6-7,12-14,17H,1-5,8-10,21H2,(H,22,23). The number of carbonyl (C=O) groups excluding carboxylic acids is 1. The third-order valence-corrected chi connectivity index (χ3v) is 6.19. The van der Waals surface area contributed by atoms with E-state index in [-0.39, 0.29) is 17.9 Å². The van der Waals surface area contributed by atoms with E-state index in [0.29, 0.717) is 48.1 Å². The van der Waals surface area contributed by atoms with Gasteiger partial charge in [0, 0.05) is 18.5 Å². The highest BCUT2D eigenvalue weighted by atomic mass is 35.5. The summed E-state index contributed by atoms with van der Waals surface area (Å²) in [5.74, 6) is 2.48. The van der Waals surface area contributed by atoms with E-state index in [1.807, 2.05) is 12.1 Å². The van der Waals surface area contributed by atoms with Crippen molar-refractivity contribution in [3.05, 3.63) is 22.7 Å². The van der Waals surface area contributed by atoms with Crippen LogP contribution in [0.15, 0.2) is 12.1 Å². The van der Waals surface area contributed by atoms with Gasteiger partial charge in [-0.3, -0.25) is 4.79 Å². The van der Waals surface area contributed by atoms with Crippen molar-refractivity contribution in [3.63, 3.8) is 0 Å². The molecule has 3 aliphatic rings. The number of rotatable bonds is 3. The second kappa shape index (κ2) is 7.04. The van der Waals surface area contributed by atoms with Crippen molar-refractivity contribution in [1.82, 2.24) is 5.32 Å². The van der Waals surface area contributed by atoms with E-state index in [0.717, 1.165) is 18.4 Å². The Hall–Kier alpha value is -1.46. The molecule has 1 heterocycles. The zero-order valence-electron chi connectivity index (χ0n) is 14.3. The molecule has 6 heteroatoms. The molecule has 2 aliphatic carbocycles. The normalized spacial score (nSPS) is 30.6. The van der Waals surface area contributed by atoms with Crippen molar-refractivity contribution in [2.75, 3.05) is 13.2 Å². The van der Waals surface area contributed by atoms with Crippen molar-refractivity contribution in [2.45, 2.75) is 44.7 Å². The Morgan fingerprint density at radius 3 is 2.68 bits per heavy atom. The van der Waals surface area contributed by atoms with Crippen LogP contribution in [0.2, 0.25) is 5.02 Å².